The average Bonchev–Trinajstić information content (AvgIpc) is 2.43. The Kier molecular flexibility index (Phi) is 2.64. The fourth-order valence-electron chi connectivity index (χ4n) is 2.31. The van der Waals surface area contributed by atoms with Gasteiger partial charge < -0.3 is 0 Å². The molecule has 0 spiro atoms. The Morgan fingerprint density at radius 2 is 1.58 bits per heavy atom. The molecular weight excluding hydrogens is 236 g/mol. The normalized spacial score (nSPS) is 14.1. The van der Waals surface area contributed by atoms with E-state index in [1.807, 2.05) is 43.3 Å². The van der Waals surface area contributed by atoms with Gasteiger partial charge in [-0.05, 0) is 24.6 Å². The van der Waals surface area contributed by atoms with Gasteiger partial charge in [0.25, 0.3) is 0 Å². The van der Waals surface area contributed by atoms with Crippen molar-refractivity contribution < 1.29 is 9.59 Å². The lowest BCUT2D eigenvalue weighted by Crippen LogP contribution is -2.16. The van der Waals surface area contributed by atoms with E-state index < -0.39 is 0 Å². The van der Waals surface area contributed by atoms with Crippen molar-refractivity contribution in [1.29, 1.82) is 0 Å². The predicted octanol–water partition coefficient (Wildman–Crippen LogP) is 3.46. The molecule has 0 bridgehead atoms. The maximum absolute atomic E-state index is 12.5. The van der Waals surface area contributed by atoms with Crippen molar-refractivity contribution in [2.75, 3.05) is 0 Å². The molecule has 0 N–H and O–H groups in total. The van der Waals surface area contributed by atoms with Gasteiger partial charge in [0.1, 0.15) is 0 Å². The SMILES string of the molecule is Cc1ccc2c(c1)C(=O)C(c1ccccc1)=CC2=O. The van der Waals surface area contributed by atoms with E-state index in [0.29, 0.717) is 16.7 Å². The Hall–Kier alpha value is -2.48. The molecule has 0 atom stereocenters. The van der Waals surface area contributed by atoms with Crippen molar-refractivity contribution >= 4 is 17.1 Å². The minimum atomic E-state index is -0.103. The van der Waals surface area contributed by atoms with E-state index in [2.05, 4.69) is 0 Å². The Morgan fingerprint density at radius 3 is 2.32 bits per heavy atom. The fraction of sp³-hybridized carbons (Fsp3) is 0.0588. The van der Waals surface area contributed by atoms with Crippen LogP contribution in [0.5, 0.6) is 0 Å². The zero-order chi connectivity index (χ0) is 13.4. The molecule has 2 aromatic rings. The highest BCUT2D eigenvalue weighted by Crippen LogP contribution is 2.28. The van der Waals surface area contributed by atoms with Crippen molar-refractivity contribution in [1.82, 2.24) is 0 Å². The van der Waals surface area contributed by atoms with E-state index in [-0.39, 0.29) is 11.6 Å². The molecule has 0 saturated heterocycles. The van der Waals surface area contributed by atoms with Crippen LogP contribution in [0.25, 0.3) is 5.57 Å². The average molecular weight is 248 g/mol. The molecule has 0 radical (unpaired) electrons. The zero-order valence-electron chi connectivity index (χ0n) is 10.5. The highest BCUT2D eigenvalue weighted by Gasteiger charge is 2.26. The van der Waals surface area contributed by atoms with Crippen LogP contribution in [0.2, 0.25) is 0 Å². The monoisotopic (exact) mass is 248 g/mol. The molecule has 0 aliphatic heterocycles. The molecule has 92 valence electrons. The summed E-state index contributed by atoms with van der Waals surface area (Å²) in [6.07, 6.45) is 1.44. The second-order valence-electron chi connectivity index (χ2n) is 4.67. The van der Waals surface area contributed by atoms with Gasteiger partial charge in [0.2, 0.25) is 0 Å². The Bertz CT molecular complexity index is 709. The summed E-state index contributed by atoms with van der Waals surface area (Å²) < 4.78 is 0. The van der Waals surface area contributed by atoms with Crippen LogP contribution < -0.4 is 0 Å². The number of benzene rings is 2. The summed E-state index contributed by atoms with van der Waals surface area (Å²) in [5, 5.41) is 0. The Balaban J connectivity index is 2.17. The Morgan fingerprint density at radius 1 is 0.842 bits per heavy atom. The number of fused-ring (bicyclic) bond motifs is 1. The van der Waals surface area contributed by atoms with Gasteiger partial charge in [-0.3, -0.25) is 9.59 Å². The molecule has 0 aromatic heterocycles. The summed E-state index contributed by atoms with van der Waals surface area (Å²) in [4.78, 5) is 24.6. The van der Waals surface area contributed by atoms with Crippen molar-refractivity contribution in [3.63, 3.8) is 0 Å². The number of ketones is 2. The first kappa shape index (κ1) is 11.6. The number of hydrogen-bond acceptors (Lipinski definition) is 2. The summed E-state index contributed by atoms with van der Waals surface area (Å²) in [5.41, 5.74) is 3.24. The van der Waals surface area contributed by atoms with Gasteiger partial charge in [-0.15, -0.1) is 0 Å². The fourth-order valence-corrected chi connectivity index (χ4v) is 2.31. The van der Waals surface area contributed by atoms with Gasteiger partial charge in [0.05, 0.1) is 0 Å². The lowest BCUT2D eigenvalue weighted by atomic mass is 9.85. The molecule has 0 heterocycles. The maximum Gasteiger partial charge on any atom is 0.194 e. The summed E-state index contributed by atoms with van der Waals surface area (Å²) in [6.45, 7) is 1.92. The van der Waals surface area contributed by atoms with Crippen molar-refractivity contribution in [2.24, 2.45) is 0 Å². The van der Waals surface area contributed by atoms with Gasteiger partial charge in [-0.2, -0.15) is 0 Å². The number of carbonyl (C=O) groups is 2. The van der Waals surface area contributed by atoms with E-state index in [0.717, 1.165) is 11.1 Å². The van der Waals surface area contributed by atoms with E-state index in [4.69, 9.17) is 0 Å². The zero-order valence-corrected chi connectivity index (χ0v) is 10.5. The molecule has 2 heteroatoms. The van der Waals surface area contributed by atoms with Crippen molar-refractivity contribution in [3.8, 4) is 0 Å². The van der Waals surface area contributed by atoms with Gasteiger partial charge in [0.15, 0.2) is 11.6 Å². The van der Waals surface area contributed by atoms with Crippen LogP contribution in [0.4, 0.5) is 0 Å². The molecule has 2 aromatic carbocycles. The van der Waals surface area contributed by atoms with E-state index in [9.17, 15) is 9.59 Å². The highest BCUT2D eigenvalue weighted by molar-refractivity contribution is 6.38. The third kappa shape index (κ3) is 1.91. The van der Waals surface area contributed by atoms with E-state index >= 15 is 0 Å². The lowest BCUT2D eigenvalue weighted by Gasteiger charge is -2.15. The van der Waals surface area contributed by atoms with Gasteiger partial charge in [-0.1, -0.05) is 48.0 Å². The molecule has 0 unspecified atom stereocenters. The number of Topliss-reactive ketones (excluding diaryl/α,β-unsaturated/α-hetero) is 1. The standard InChI is InChI=1S/C17H12O2/c1-11-7-8-13-15(9-11)17(19)14(10-16(13)18)12-5-3-2-4-6-12/h2-10H,1H3. The summed E-state index contributed by atoms with van der Waals surface area (Å²) in [6, 6.07) is 14.7. The first-order valence-corrected chi connectivity index (χ1v) is 6.13. The summed E-state index contributed by atoms with van der Waals surface area (Å²) in [7, 11) is 0. The molecule has 3 rings (SSSR count). The second kappa shape index (κ2) is 4.32. The topological polar surface area (TPSA) is 34.1 Å². The van der Waals surface area contributed by atoms with Crippen molar-refractivity contribution in [2.45, 2.75) is 6.92 Å². The van der Waals surface area contributed by atoms with Crippen LogP contribution in [-0.4, -0.2) is 11.6 Å². The van der Waals surface area contributed by atoms with Gasteiger partial charge in [0, 0.05) is 16.7 Å². The molecule has 1 aliphatic carbocycles. The lowest BCUT2D eigenvalue weighted by molar-refractivity contribution is 0.100. The molecule has 2 nitrogen and oxygen atoms in total. The first-order chi connectivity index (χ1) is 9.16. The molecular formula is C17H12O2. The third-order valence-electron chi connectivity index (χ3n) is 3.29. The maximum atomic E-state index is 12.5. The van der Waals surface area contributed by atoms with Crippen molar-refractivity contribution in [3.05, 3.63) is 76.9 Å². The highest BCUT2D eigenvalue weighted by atomic mass is 16.1. The Labute approximate surface area is 111 Å². The minimum absolute atomic E-state index is 0.0792. The molecule has 19 heavy (non-hydrogen) atoms. The second-order valence-corrected chi connectivity index (χ2v) is 4.67. The van der Waals surface area contributed by atoms with Crippen LogP contribution >= 0.6 is 0 Å². The van der Waals surface area contributed by atoms with Crippen LogP contribution in [0.1, 0.15) is 31.8 Å². The quantitative estimate of drug-likeness (QED) is 0.774. The predicted molar refractivity (Wildman–Crippen MR) is 74.3 cm³/mol. The molecule has 1 aliphatic rings. The van der Waals surface area contributed by atoms with E-state index in [1.165, 1.54) is 6.08 Å². The largest absolute Gasteiger partial charge is 0.289 e. The molecule has 0 amide bonds. The first-order valence-electron chi connectivity index (χ1n) is 6.13. The number of hydrogen-bond donors (Lipinski definition) is 0. The van der Waals surface area contributed by atoms with Crippen LogP contribution in [0.3, 0.4) is 0 Å². The van der Waals surface area contributed by atoms with Crippen LogP contribution in [0.15, 0.2) is 54.6 Å². The molecule has 0 saturated carbocycles. The van der Waals surface area contributed by atoms with Crippen LogP contribution in [0, 0.1) is 6.92 Å². The summed E-state index contributed by atoms with van der Waals surface area (Å²) >= 11 is 0. The number of aryl methyl sites for hydroxylation is 1. The van der Waals surface area contributed by atoms with E-state index in [1.54, 1.807) is 12.1 Å². The smallest absolute Gasteiger partial charge is 0.194 e. The third-order valence-corrected chi connectivity index (χ3v) is 3.29. The minimum Gasteiger partial charge on any atom is -0.289 e. The number of rotatable bonds is 1. The van der Waals surface area contributed by atoms with Gasteiger partial charge in [-0.25, -0.2) is 0 Å². The number of carbonyl (C=O) groups excluding carboxylic acids is 2. The van der Waals surface area contributed by atoms with Gasteiger partial charge >= 0.3 is 0 Å². The molecule has 0 fully saturated rings. The summed E-state index contributed by atoms with van der Waals surface area (Å²) in [5.74, 6) is -0.182. The van der Waals surface area contributed by atoms with Crippen LogP contribution in [-0.2, 0) is 0 Å². The number of allylic oxidation sites excluding steroid dienone is 2.